The van der Waals surface area contributed by atoms with Crippen molar-refractivity contribution in [3.05, 3.63) is 53.5 Å². The molecule has 0 saturated carbocycles. The first-order chi connectivity index (χ1) is 16.5. The number of anilines is 1. The molecule has 2 aliphatic heterocycles. The lowest BCUT2D eigenvalue weighted by Gasteiger charge is -2.36. The van der Waals surface area contributed by atoms with E-state index in [-0.39, 0.29) is 17.9 Å². The largest absolute Gasteiger partial charge is 0.481 e. The first-order valence-corrected chi connectivity index (χ1v) is 11.4. The van der Waals surface area contributed by atoms with Crippen molar-refractivity contribution in [3.8, 4) is 23.1 Å². The molecule has 176 valence electrons. The Morgan fingerprint density at radius 1 is 1.09 bits per heavy atom. The van der Waals surface area contributed by atoms with Crippen molar-refractivity contribution in [1.82, 2.24) is 24.8 Å². The van der Waals surface area contributed by atoms with Crippen LogP contribution in [-0.4, -0.2) is 63.6 Å². The van der Waals surface area contributed by atoms with Crippen molar-refractivity contribution in [2.45, 2.75) is 38.1 Å². The van der Waals surface area contributed by atoms with Gasteiger partial charge in [-0.3, -0.25) is 4.79 Å². The summed E-state index contributed by atoms with van der Waals surface area (Å²) in [7, 11) is 3.10. The van der Waals surface area contributed by atoms with Crippen LogP contribution in [0.1, 0.15) is 29.7 Å². The maximum absolute atomic E-state index is 13.1. The van der Waals surface area contributed by atoms with Crippen molar-refractivity contribution < 1.29 is 14.3 Å². The number of likely N-dealkylation sites (tertiary alicyclic amines) is 1. The van der Waals surface area contributed by atoms with Crippen LogP contribution in [0.25, 0.3) is 11.4 Å². The summed E-state index contributed by atoms with van der Waals surface area (Å²) in [5.74, 6) is 2.55. The van der Waals surface area contributed by atoms with Gasteiger partial charge in [0.2, 0.25) is 17.7 Å². The number of fused-ring (bicyclic) bond motifs is 1. The number of nitrogens with one attached hydrogen (secondary N) is 1. The number of carbonyl (C=O) groups excluding carboxylic acids is 1. The van der Waals surface area contributed by atoms with E-state index in [0.29, 0.717) is 24.1 Å². The first-order valence-electron chi connectivity index (χ1n) is 11.4. The molecule has 5 rings (SSSR count). The second kappa shape index (κ2) is 8.89. The average molecular weight is 461 g/mol. The van der Waals surface area contributed by atoms with Crippen molar-refractivity contribution in [3.63, 3.8) is 0 Å². The molecule has 0 radical (unpaired) electrons. The van der Waals surface area contributed by atoms with Crippen LogP contribution < -0.4 is 14.8 Å². The minimum atomic E-state index is -0.152. The van der Waals surface area contributed by atoms with Gasteiger partial charge < -0.3 is 19.7 Å². The maximum atomic E-state index is 13.1. The number of hydrogen-bond donors (Lipinski definition) is 1. The summed E-state index contributed by atoms with van der Waals surface area (Å²) >= 11 is 0. The average Bonchev–Trinajstić information content (AvgIpc) is 3.27. The Balaban J connectivity index is 1.30. The Bertz CT molecular complexity index is 1200. The van der Waals surface area contributed by atoms with Gasteiger partial charge in [0.05, 0.1) is 31.9 Å². The van der Waals surface area contributed by atoms with Gasteiger partial charge in [-0.05, 0) is 49.4 Å². The zero-order valence-electron chi connectivity index (χ0n) is 19.7. The highest BCUT2D eigenvalue weighted by molar-refractivity contribution is 5.79. The Hall–Kier alpha value is -3.75. The van der Waals surface area contributed by atoms with E-state index in [9.17, 15) is 4.79 Å². The van der Waals surface area contributed by atoms with Gasteiger partial charge in [0.1, 0.15) is 5.82 Å². The highest BCUT2D eigenvalue weighted by Crippen LogP contribution is 2.38. The van der Waals surface area contributed by atoms with Crippen molar-refractivity contribution in [2.75, 3.05) is 32.6 Å². The van der Waals surface area contributed by atoms with Crippen LogP contribution in [0.3, 0.4) is 0 Å². The lowest BCUT2D eigenvalue weighted by Crippen LogP contribution is -2.45. The van der Waals surface area contributed by atoms with Gasteiger partial charge in [-0.15, -0.1) is 0 Å². The monoisotopic (exact) mass is 460 g/mol. The number of aryl methyl sites for hydroxylation is 2. The van der Waals surface area contributed by atoms with Crippen molar-refractivity contribution in [2.24, 2.45) is 0 Å². The van der Waals surface area contributed by atoms with E-state index in [2.05, 4.69) is 26.3 Å². The third kappa shape index (κ3) is 4.25. The molecule has 1 spiro atoms. The summed E-state index contributed by atoms with van der Waals surface area (Å²) in [6.07, 6.45) is 6.51. The fourth-order valence-electron chi connectivity index (χ4n) is 4.82. The Kier molecular flexibility index (Phi) is 5.77. The number of rotatable bonds is 5. The summed E-state index contributed by atoms with van der Waals surface area (Å²) in [4.78, 5) is 32.9. The van der Waals surface area contributed by atoms with E-state index in [1.165, 1.54) is 5.56 Å². The molecule has 3 aromatic heterocycles. The molecule has 1 fully saturated rings. The normalized spacial score (nSPS) is 19.0. The summed E-state index contributed by atoms with van der Waals surface area (Å²) in [6.45, 7) is 3.36. The second-order valence-corrected chi connectivity index (χ2v) is 8.91. The minimum absolute atomic E-state index is 0.0838. The molecule has 5 heterocycles. The summed E-state index contributed by atoms with van der Waals surface area (Å²) in [5.41, 5.74) is 3.69. The molecule has 2 aliphatic rings. The van der Waals surface area contributed by atoms with E-state index >= 15 is 0 Å². The molecule has 34 heavy (non-hydrogen) atoms. The molecule has 0 unspecified atom stereocenters. The number of hydrogen-bond acceptors (Lipinski definition) is 8. The number of nitrogens with zero attached hydrogens (tertiary/aromatic N) is 5. The second-order valence-electron chi connectivity index (χ2n) is 8.91. The third-order valence-corrected chi connectivity index (χ3v) is 6.67. The fourth-order valence-corrected chi connectivity index (χ4v) is 4.82. The van der Waals surface area contributed by atoms with Gasteiger partial charge in [-0.1, -0.05) is 0 Å². The molecule has 0 aliphatic carbocycles. The van der Waals surface area contributed by atoms with Crippen molar-refractivity contribution in [1.29, 1.82) is 0 Å². The van der Waals surface area contributed by atoms with Gasteiger partial charge in [0.15, 0.2) is 5.82 Å². The predicted octanol–water partition coefficient (Wildman–Crippen LogP) is 2.83. The van der Waals surface area contributed by atoms with Crippen LogP contribution in [0.4, 0.5) is 5.82 Å². The van der Waals surface area contributed by atoms with E-state index in [1.807, 2.05) is 17.9 Å². The quantitative estimate of drug-likeness (QED) is 0.620. The molecule has 0 aromatic carbocycles. The van der Waals surface area contributed by atoms with Crippen LogP contribution in [0.2, 0.25) is 0 Å². The zero-order valence-corrected chi connectivity index (χ0v) is 19.7. The van der Waals surface area contributed by atoms with Gasteiger partial charge in [0.25, 0.3) is 0 Å². The predicted molar refractivity (Wildman–Crippen MR) is 127 cm³/mol. The van der Waals surface area contributed by atoms with Gasteiger partial charge in [-0.25, -0.2) is 15.0 Å². The van der Waals surface area contributed by atoms with Crippen LogP contribution in [0.15, 0.2) is 36.7 Å². The molecule has 0 bridgehead atoms. The molecule has 1 atom stereocenters. The fraction of sp³-hybridized carbons (Fsp3) is 0.400. The first kappa shape index (κ1) is 22.1. The lowest BCUT2D eigenvalue weighted by atomic mass is 9.86. The molecular formula is C25H28N6O3. The highest BCUT2D eigenvalue weighted by atomic mass is 16.5. The van der Waals surface area contributed by atoms with Gasteiger partial charge >= 0.3 is 0 Å². The molecular weight excluding hydrogens is 432 g/mol. The van der Waals surface area contributed by atoms with Crippen LogP contribution in [-0.2, 0) is 17.6 Å². The van der Waals surface area contributed by atoms with Crippen molar-refractivity contribution >= 4 is 11.7 Å². The molecule has 9 heteroatoms. The van der Waals surface area contributed by atoms with Crippen LogP contribution in [0, 0.1) is 6.92 Å². The standard InChI is InChI=1S/C25H28N6O3/c1-16-19(24-26-8-4-9-27-24)14-18-5-6-25(30-23(18)28-16)7-10-31(15-25)22(32)13-17-11-20(33-2)29-21(12-17)34-3/h4,8-9,11-12,14H,5-7,10,13,15H2,1-3H3,(H,28,30)/t25-/m0/s1. The molecule has 9 nitrogen and oxygen atoms in total. The van der Waals surface area contributed by atoms with Crippen LogP contribution in [0.5, 0.6) is 11.8 Å². The summed E-state index contributed by atoms with van der Waals surface area (Å²) in [5, 5.41) is 3.68. The smallest absolute Gasteiger partial charge is 0.227 e. The minimum Gasteiger partial charge on any atom is -0.481 e. The number of methoxy groups -OCH3 is 2. The van der Waals surface area contributed by atoms with E-state index in [0.717, 1.165) is 48.4 Å². The SMILES string of the molecule is COc1cc(CC(=O)N2CC[C@@]3(CCc4cc(-c5ncccn5)c(C)nc4N3)C2)cc(OC)n1. The number of amides is 1. The highest BCUT2D eigenvalue weighted by Gasteiger charge is 2.42. The maximum Gasteiger partial charge on any atom is 0.227 e. The molecule has 1 N–H and O–H groups in total. The molecule has 1 saturated heterocycles. The number of ether oxygens (including phenoxy) is 2. The lowest BCUT2D eigenvalue weighted by molar-refractivity contribution is -0.129. The van der Waals surface area contributed by atoms with Crippen LogP contribution >= 0.6 is 0 Å². The Labute approximate surface area is 198 Å². The van der Waals surface area contributed by atoms with E-state index in [4.69, 9.17) is 14.5 Å². The van der Waals surface area contributed by atoms with Gasteiger partial charge in [0, 0.05) is 43.2 Å². The third-order valence-electron chi connectivity index (χ3n) is 6.67. The number of pyridine rings is 2. The topological polar surface area (TPSA) is 102 Å². The van der Waals surface area contributed by atoms with E-state index < -0.39 is 0 Å². The molecule has 1 amide bonds. The molecule has 3 aromatic rings. The Morgan fingerprint density at radius 3 is 2.53 bits per heavy atom. The zero-order chi connectivity index (χ0) is 23.7. The summed E-state index contributed by atoms with van der Waals surface area (Å²) < 4.78 is 10.5. The summed E-state index contributed by atoms with van der Waals surface area (Å²) in [6, 6.07) is 7.52. The van der Waals surface area contributed by atoms with E-state index in [1.54, 1.807) is 38.7 Å². The van der Waals surface area contributed by atoms with Gasteiger partial charge in [-0.2, -0.15) is 4.98 Å². The number of aromatic nitrogens is 4. The number of carbonyl (C=O) groups is 1. The Morgan fingerprint density at radius 2 is 1.82 bits per heavy atom.